The molecule has 0 aliphatic carbocycles. The average Bonchev–Trinajstić information content (AvgIpc) is 2.05. The van der Waals surface area contributed by atoms with Crippen molar-refractivity contribution in [2.75, 3.05) is 7.05 Å². The van der Waals surface area contributed by atoms with Crippen LogP contribution in [-0.4, -0.2) is 23.8 Å². The van der Waals surface area contributed by atoms with Crippen LogP contribution in [0.15, 0.2) is 0 Å². The molecule has 0 saturated carbocycles. The van der Waals surface area contributed by atoms with Crippen molar-refractivity contribution >= 4 is 11.8 Å². The smallest absolute Gasteiger partial charge is 0.229 e. The maximum Gasteiger partial charge on any atom is 0.229 e. The standard InChI is InChI=1S/C5H7NO2/c1-6-4(7)2-3-5(6)8/h2-3H2,1H3/i2D2,3D2. The lowest BCUT2D eigenvalue weighted by Gasteiger charge is -2.01. The molecule has 1 heterocycles. The third-order valence-electron chi connectivity index (χ3n) is 0.886. The monoisotopic (exact) mass is 117 g/mol. The van der Waals surface area contributed by atoms with Crippen LogP contribution in [0.2, 0.25) is 0 Å². The van der Waals surface area contributed by atoms with E-state index in [1.54, 1.807) is 0 Å². The van der Waals surface area contributed by atoms with Gasteiger partial charge in [0.25, 0.3) is 0 Å². The topological polar surface area (TPSA) is 37.4 Å². The van der Waals surface area contributed by atoms with E-state index in [1.807, 2.05) is 0 Å². The van der Waals surface area contributed by atoms with Gasteiger partial charge < -0.3 is 0 Å². The third-order valence-corrected chi connectivity index (χ3v) is 0.886. The number of hydrogen-bond acceptors (Lipinski definition) is 2. The first-order chi connectivity index (χ1) is 5.23. The summed E-state index contributed by atoms with van der Waals surface area (Å²) >= 11 is 0. The predicted octanol–water partition coefficient (Wildman–Crippen LogP) is -0.235. The second-order valence-corrected chi connectivity index (χ2v) is 1.42. The van der Waals surface area contributed by atoms with Crippen molar-refractivity contribution in [1.82, 2.24) is 4.90 Å². The van der Waals surface area contributed by atoms with E-state index in [4.69, 9.17) is 5.48 Å². The highest BCUT2D eigenvalue weighted by atomic mass is 16.2. The van der Waals surface area contributed by atoms with Crippen LogP contribution < -0.4 is 0 Å². The van der Waals surface area contributed by atoms with E-state index >= 15 is 0 Å². The number of likely N-dealkylation sites (tertiary alicyclic amines) is 1. The molecule has 3 nitrogen and oxygen atoms in total. The fraction of sp³-hybridized carbons (Fsp3) is 0.600. The van der Waals surface area contributed by atoms with Crippen LogP contribution in [0, 0.1) is 0 Å². The fourth-order valence-corrected chi connectivity index (χ4v) is 0.367. The van der Waals surface area contributed by atoms with Gasteiger partial charge in [-0.1, -0.05) is 0 Å². The van der Waals surface area contributed by atoms with Crippen LogP contribution in [-0.2, 0) is 9.59 Å². The Bertz CT molecular complexity index is 236. The summed E-state index contributed by atoms with van der Waals surface area (Å²) in [7, 11) is 1.06. The van der Waals surface area contributed by atoms with E-state index < -0.39 is 24.6 Å². The van der Waals surface area contributed by atoms with Gasteiger partial charge in [-0.3, -0.25) is 14.5 Å². The van der Waals surface area contributed by atoms with Gasteiger partial charge in [0.15, 0.2) is 0 Å². The molecule has 0 spiro atoms. The number of hydrogen-bond donors (Lipinski definition) is 0. The van der Waals surface area contributed by atoms with Crippen LogP contribution in [0.5, 0.6) is 0 Å². The minimum Gasteiger partial charge on any atom is -0.286 e. The van der Waals surface area contributed by atoms with E-state index in [0.29, 0.717) is 4.90 Å². The Labute approximate surface area is 52.9 Å². The summed E-state index contributed by atoms with van der Waals surface area (Å²) in [5.74, 6) is -2.25. The normalized spacial score (nSPS) is 40.4. The summed E-state index contributed by atoms with van der Waals surface area (Å²) in [6, 6.07) is 0. The molecule has 0 aromatic rings. The average molecular weight is 117 g/mol. The van der Waals surface area contributed by atoms with E-state index in [9.17, 15) is 9.59 Å². The van der Waals surface area contributed by atoms with Crippen molar-refractivity contribution in [2.24, 2.45) is 0 Å². The van der Waals surface area contributed by atoms with Crippen molar-refractivity contribution < 1.29 is 15.1 Å². The van der Waals surface area contributed by atoms with Crippen molar-refractivity contribution in [1.29, 1.82) is 0 Å². The van der Waals surface area contributed by atoms with Crippen LogP contribution in [0.1, 0.15) is 18.2 Å². The molecule has 0 radical (unpaired) electrons. The lowest BCUT2D eigenvalue weighted by atomic mass is 10.4. The van der Waals surface area contributed by atoms with E-state index in [0.717, 1.165) is 7.05 Å². The van der Waals surface area contributed by atoms with Crippen LogP contribution >= 0.6 is 0 Å². The predicted molar refractivity (Wildman–Crippen MR) is 27.0 cm³/mol. The molecular formula is C5H7NO2. The Balaban J connectivity index is 3.24. The molecule has 3 heteroatoms. The van der Waals surface area contributed by atoms with Crippen molar-refractivity contribution in [3.8, 4) is 0 Å². The zero-order valence-corrected chi connectivity index (χ0v) is 4.26. The molecule has 0 unspecified atom stereocenters. The molecule has 1 aliphatic rings. The Morgan fingerprint density at radius 1 is 1.50 bits per heavy atom. The molecule has 0 aromatic heterocycles. The summed E-state index contributed by atoms with van der Waals surface area (Å²) < 4.78 is 28.1. The quantitative estimate of drug-likeness (QED) is 0.411. The Morgan fingerprint density at radius 3 is 2.00 bits per heavy atom. The maximum atomic E-state index is 10.9. The summed E-state index contributed by atoms with van der Waals surface area (Å²) in [5, 5.41) is 0. The van der Waals surface area contributed by atoms with Crippen LogP contribution in [0.4, 0.5) is 0 Å². The minimum absolute atomic E-state index is 0.472. The van der Waals surface area contributed by atoms with E-state index in [-0.39, 0.29) is 0 Å². The molecule has 0 atom stereocenters. The van der Waals surface area contributed by atoms with E-state index in [1.165, 1.54) is 0 Å². The first-order valence-corrected chi connectivity index (χ1v) is 2.05. The van der Waals surface area contributed by atoms with Crippen LogP contribution in [0.25, 0.3) is 0 Å². The largest absolute Gasteiger partial charge is 0.286 e. The lowest BCUT2D eigenvalue weighted by molar-refractivity contribution is -0.136. The van der Waals surface area contributed by atoms with Gasteiger partial charge in [0, 0.05) is 25.3 Å². The van der Waals surface area contributed by atoms with Gasteiger partial charge in [0.2, 0.25) is 11.8 Å². The maximum absolute atomic E-state index is 10.9. The van der Waals surface area contributed by atoms with Gasteiger partial charge in [0.05, 0.1) is 0 Å². The highest BCUT2D eigenvalue weighted by Crippen LogP contribution is 2.07. The fourth-order valence-electron chi connectivity index (χ4n) is 0.367. The second-order valence-electron chi connectivity index (χ2n) is 1.42. The summed E-state index contributed by atoms with van der Waals surface area (Å²) in [4.78, 5) is 22.4. The molecule has 0 bridgehead atoms. The summed E-state index contributed by atoms with van der Waals surface area (Å²) in [6.45, 7) is 0. The Morgan fingerprint density at radius 2 is 1.88 bits per heavy atom. The highest BCUT2D eigenvalue weighted by molar-refractivity contribution is 6.01. The number of nitrogens with zero attached hydrogens (tertiary/aromatic N) is 1. The molecule has 1 aliphatic heterocycles. The molecular weight excluding hydrogens is 106 g/mol. The Hall–Kier alpha value is -0.860. The first kappa shape index (κ1) is 2.17. The molecule has 0 aromatic carbocycles. The molecule has 1 fully saturated rings. The van der Waals surface area contributed by atoms with Crippen LogP contribution in [0.3, 0.4) is 0 Å². The third kappa shape index (κ3) is 0.598. The summed E-state index contributed by atoms with van der Waals surface area (Å²) in [6.07, 6.45) is -5.47. The Kier molecular flexibility index (Phi) is 0.428. The molecule has 1 saturated heterocycles. The minimum atomic E-state index is -2.74. The number of rotatable bonds is 0. The number of carbonyl (C=O) groups excluding carboxylic acids is 2. The van der Waals surface area contributed by atoms with Gasteiger partial charge in [0.1, 0.15) is 0 Å². The summed E-state index contributed by atoms with van der Waals surface area (Å²) in [5.41, 5.74) is 0. The molecule has 2 amide bonds. The van der Waals surface area contributed by atoms with Crippen molar-refractivity contribution in [3.63, 3.8) is 0 Å². The SMILES string of the molecule is [2H]C1([2H])C(=O)N(C)C(=O)C1([2H])[2H]. The zero-order chi connectivity index (χ0) is 9.73. The second kappa shape index (κ2) is 1.58. The van der Waals surface area contributed by atoms with Gasteiger partial charge >= 0.3 is 0 Å². The van der Waals surface area contributed by atoms with Crippen molar-refractivity contribution in [3.05, 3.63) is 0 Å². The van der Waals surface area contributed by atoms with Gasteiger partial charge in [-0.25, -0.2) is 0 Å². The molecule has 0 N–H and O–H groups in total. The first-order valence-electron chi connectivity index (χ1n) is 4.05. The number of amides is 2. The number of imide groups is 1. The molecule has 44 valence electrons. The van der Waals surface area contributed by atoms with Gasteiger partial charge in [-0.05, 0) is 0 Å². The van der Waals surface area contributed by atoms with E-state index in [2.05, 4.69) is 0 Å². The lowest BCUT2D eigenvalue weighted by Crippen LogP contribution is -2.23. The van der Waals surface area contributed by atoms with Gasteiger partial charge in [-0.2, -0.15) is 0 Å². The molecule has 8 heavy (non-hydrogen) atoms. The zero-order valence-electron chi connectivity index (χ0n) is 8.26. The number of carbonyl (C=O) groups is 2. The highest BCUT2D eigenvalue weighted by Gasteiger charge is 2.24. The molecule has 1 rings (SSSR count). The van der Waals surface area contributed by atoms with Gasteiger partial charge in [-0.15, -0.1) is 0 Å². The van der Waals surface area contributed by atoms with Crippen molar-refractivity contribution in [2.45, 2.75) is 12.7 Å².